The average molecular weight is 442 g/mol. The van der Waals surface area contributed by atoms with E-state index in [-0.39, 0.29) is 29.4 Å². The first kappa shape index (κ1) is 23.5. The molecule has 0 atom stereocenters. The number of nitrogens with one attached hydrogen (secondary N) is 2. The number of rotatable bonds is 7. The Bertz CT molecular complexity index is 970. The maximum atomic E-state index is 12.4. The van der Waals surface area contributed by atoms with Crippen molar-refractivity contribution in [2.75, 3.05) is 5.32 Å². The molecule has 8 heteroatoms. The number of anilines is 1. The third kappa shape index (κ3) is 5.55. The van der Waals surface area contributed by atoms with Gasteiger partial charge < -0.3 is 20.3 Å². The van der Waals surface area contributed by atoms with Crippen molar-refractivity contribution < 1.29 is 24.0 Å². The summed E-state index contributed by atoms with van der Waals surface area (Å²) < 4.78 is 5.12. The predicted molar refractivity (Wildman–Crippen MR) is 120 cm³/mol. The number of carbonyl (C=O) groups excluding carboxylic acids is 2. The first-order valence-corrected chi connectivity index (χ1v) is 11.0. The lowest BCUT2D eigenvalue weighted by Gasteiger charge is -2.30. The molecule has 1 aromatic heterocycles. The van der Waals surface area contributed by atoms with Gasteiger partial charge in [-0.1, -0.05) is 31.1 Å². The summed E-state index contributed by atoms with van der Waals surface area (Å²) in [6.45, 7) is 6.94. The highest BCUT2D eigenvalue weighted by atomic mass is 16.5. The molecular weight excluding hydrogens is 410 g/mol. The van der Waals surface area contributed by atoms with Crippen molar-refractivity contribution in [1.29, 1.82) is 0 Å². The Labute approximate surface area is 187 Å². The van der Waals surface area contributed by atoms with Crippen LogP contribution in [0.2, 0.25) is 0 Å². The fraction of sp³-hybridized carbons (Fsp3) is 0.500. The maximum absolute atomic E-state index is 12.4. The van der Waals surface area contributed by atoms with E-state index in [0.29, 0.717) is 24.4 Å². The summed E-state index contributed by atoms with van der Waals surface area (Å²) in [6.07, 6.45) is 3.14. The average Bonchev–Trinajstić information content (AvgIpc) is 3.25. The summed E-state index contributed by atoms with van der Waals surface area (Å²) in [4.78, 5) is 36.0. The lowest BCUT2D eigenvalue weighted by Crippen LogP contribution is -2.51. The van der Waals surface area contributed by atoms with Crippen LogP contribution in [0.5, 0.6) is 0 Å². The molecular formula is C24H31N3O5. The van der Waals surface area contributed by atoms with E-state index in [1.807, 2.05) is 38.1 Å². The van der Waals surface area contributed by atoms with E-state index in [4.69, 9.17) is 4.52 Å². The van der Waals surface area contributed by atoms with Gasteiger partial charge in [0.1, 0.15) is 5.54 Å². The van der Waals surface area contributed by atoms with E-state index in [1.165, 1.54) is 13.8 Å². The normalized spacial score (nSPS) is 18.9. The van der Waals surface area contributed by atoms with Gasteiger partial charge in [0.15, 0.2) is 0 Å². The van der Waals surface area contributed by atoms with Crippen molar-refractivity contribution in [3.63, 3.8) is 0 Å². The highest BCUT2D eigenvalue weighted by Crippen LogP contribution is 2.36. The number of carboxylic acids is 1. The Morgan fingerprint density at radius 1 is 1.09 bits per heavy atom. The molecule has 1 heterocycles. The molecule has 2 aromatic rings. The number of aromatic nitrogens is 1. The van der Waals surface area contributed by atoms with Gasteiger partial charge in [0.05, 0.1) is 5.69 Å². The number of carbonyl (C=O) groups is 3. The third-order valence-corrected chi connectivity index (χ3v) is 6.05. The fourth-order valence-electron chi connectivity index (χ4n) is 3.85. The molecule has 1 saturated carbocycles. The van der Waals surface area contributed by atoms with E-state index < -0.39 is 11.5 Å². The number of amides is 2. The van der Waals surface area contributed by atoms with Crippen molar-refractivity contribution in [2.24, 2.45) is 5.92 Å². The van der Waals surface area contributed by atoms with Crippen LogP contribution < -0.4 is 10.6 Å². The highest BCUT2D eigenvalue weighted by molar-refractivity contribution is 6.02. The summed E-state index contributed by atoms with van der Waals surface area (Å²) in [5.41, 5.74) is 1.30. The van der Waals surface area contributed by atoms with Crippen LogP contribution in [-0.4, -0.2) is 33.6 Å². The molecule has 0 aliphatic heterocycles. The van der Waals surface area contributed by atoms with Crippen molar-refractivity contribution in [3.8, 4) is 0 Å². The van der Waals surface area contributed by atoms with Gasteiger partial charge >= 0.3 is 5.97 Å². The number of hydrogen-bond acceptors (Lipinski definition) is 5. The second-order valence-corrected chi connectivity index (χ2v) is 9.31. The van der Waals surface area contributed by atoms with Gasteiger partial charge in [0.25, 0.3) is 5.91 Å². The van der Waals surface area contributed by atoms with Gasteiger partial charge in [-0.3, -0.25) is 9.59 Å². The molecule has 32 heavy (non-hydrogen) atoms. The summed E-state index contributed by atoms with van der Waals surface area (Å²) in [7, 11) is 0. The van der Waals surface area contributed by atoms with Gasteiger partial charge in [-0.05, 0) is 69.1 Å². The van der Waals surface area contributed by atoms with E-state index in [1.54, 1.807) is 6.07 Å². The van der Waals surface area contributed by atoms with Crippen LogP contribution in [0, 0.1) is 5.92 Å². The van der Waals surface area contributed by atoms with Crippen LogP contribution in [0.1, 0.15) is 87.0 Å². The standard InChI is InChI=1S/C24H31N3O5/c1-14(2)19-13-20(32-27-19)22(29)25-18-11-9-16(10-12-18)15-5-7-17(8-6-15)21(28)26-24(3,4)23(30)31/h9-15,17H,5-8H2,1-4H3,(H,25,29)(H,26,28)(H,30,31). The molecule has 8 nitrogen and oxygen atoms in total. The second-order valence-electron chi connectivity index (χ2n) is 9.31. The molecule has 0 saturated heterocycles. The minimum atomic E-state index is -1.27. The molecule has 172 valence electrons. The zero-order chi connectivity index (χ0) is 23.5. The third-order valence-electron chi connectivity index (χ3n) is 6.05. The number of hydrogen-bond donors (Lipinski definition) is 3. The summed E-state index contributed by atoms with van der Waals surface area (Å²) in [6, 6.07) is 9.37. The van der Waals surface area contributed by atoms with Gasteiger partial charge in [-0.2, -0.15) is 0 Å². The van der Waals surface area contributed by atoms with Crippen LogP contribution in [0.15, 0.2) is 34.9 Å². The Morgan fingerprint density at radius 3 is 2.25 bits per heavy atom. The molecule has 3 rings (SSSR count). The van der Waals surface area contributed by atoms with Crippen LogP contribution in [-0.2, 0) is 9.59 Å². The van der Waals surface area contributed by atoms with Crippen molar-refractivity contribution in [2.45, 2.75) is 70.8 Å². The first-order valence-electron chi connectivity index (χ1n) is 11.0. The first-order chi connectivity index (χ1) is 15.1. The molecule has 2 amide bonds. The van der Waals surface area contributed by atoms with Crippen LogP contribution in [0.25, 0.3) is 0 Å². The topological polar surface area (TPSA) is 122 Å². The molecule has 1 aliphatic carbocycles. The van der Waals surface area contributed by atoms with E-state index in [9.17, 15) is 19.5 Å². The molecule has 1 aromatic carbocycles. The van der Waals surface area contributed by atoms with E-state index in [0.717, 1.165) is 24.1 Å². The smallest absolute Gasteiger partial charge is 0.328 e. The zero-order valence-corrected chi connectivity index (χ0v) is 19.0. The molecule has 0 spiro atoms. The minimum Gasteiger partial charge on any atom is -0.480 e. The van der Waals surface area contributed by atoms with Crippen molar-refractivity contribution in [3.05, 3.63) is 47.3 Å². The lowest BCUT2D eigenvalue weighted by atomic mass is 9.78. The second kappa shape index (κ2) is 9.54. The molecule has 3 N–H and O–H groups in total. The summed E-state index contributed by atoms with van der Waals surface area (Å²) in [5, 5.41) is 18.6. The lowest BCUT2D eigenvalue weighted by molar-refractivity contribution is -0.146. The SMILES string of the molecule is CC(C)c1cc(C(=O)Nc2ccc(C3CCC(C(=O)NC(C)(C)C(=O)O)CC3)cc2)on1. The highest BCUT2D eigenvalue weighted by Gasteiger charge is 2.33. The van der Waals surface area contributed by atoms with Crippen LogP contribution >= 0.6 is 0 Å². The van der Waals surface area contributed by atoms with Gasteiger partial charge in [0, 0.05) is 17.7 Å². The van der Waals surface area contributed by atoms with Crippen molar-refractivity contribution >= 4 is 23.5 Å². The predicted octanol–water partition coefficient (Wildman–Crippen LogP) is 4.30. The minimum absolute atomic E-state index is 0.166. The van der Waals surface area contributed by atoms with Gasteiger partial charge in [-0.25, -0.2) is 4.79 Å². The molecule has 0 bridgehead atoms. The van der Waals surface area contributed by atoms with Gasteiger partial charge in [0.2, 0.25) is 11.7 Å². The Kier molecular flexibility index (Phi) is 7.01. The number of nitrogens with zero attached hydrogens (tertiary/aromatic N) is 1. The number of aliphatic carboxylic acids is 1. The van der Waals surface area contributed by atoms with E-state index >= 15 is 0 Å². The Morgan fingerprint density at radius 2 is 1.72 bits per heavy atom. The van der Waals surface area contributed by atoms with Crippen LogP contribution in [0.4, 0.5) is 5.69 Å². The Balaban J connectivity index is 1.53. The van der Waals surface area contributed by atoms with E-state index in [2.05, 4.69) is 15.8 Å². The fourth-order valence-corrected chi connectivity index (χ4v) is 3.85. The zero-order valence-electron chi connectivity index (χ0n) is 19.0. The monoisotopic (exact) mass is 441 g/mol. The van der Waals surface area contributed by atoms with Crippen LogP contribution in [0.3, 0.4) is 0 Å². The summed E-state index contributed by atoms with van der Waals surface area (Å²) >= 11 is 0. The Hall–Kier alpha value is -3.16. The number of carboxylic acid groups (broad SMARTS) is 1. The number of benzene rings is 1. The quantitative estimate of drug-likeness (QED) is 0.589. The molecule has 0 unspecified atom stereocenters. The molecule has 1 aliphatic rings. The largest absolute Gasteiger partial charge is 0.480 e. The summed E-state index contributed by atoms with van der Waals surface area (Å²) in [5.74, 6) is -1.05. The van der Waals surface area contributed by atoms with Gasteiger partial charge in [-0.15, -0.1) is 0 Å². The molecule has 0 radical (unpaired) electrons. The van der Waals surface area contributed by atoms with Crippen molar-refractivity contribution in [1.82, 2.24) is 10.5 Å². The molecule has 1 fully saturated rings. The maximum Gasteiger partial charge on any atom is 0.328 e.